The van der Waals surface area contributed by atoms with E-state index in [2.05, 4.69) is 21.2 Å². The molecule has 2 rings (SSSR count). The van der Waals surface area contributed by atoms with Crippen molar-refractivity contribution in [2.45, 2.75) is 0 Å². The highest BCUT2D eigenvalue weighted by Gasteiger charge is 2.13. The molecule has 17 heavy (non-hydrogen) atoms. The predicted octanol–water partition coefficient (Wildman–Crippen LogP) is 3.14. The van der Waals surface area contributed by atoms with E-state index in [1.54, 1.807) is 6.07 Å². The predicted molar refractivity (Wildman–Crippen MR) is 62.4 cm³/mol. The van der Waals surface area contributed by atoms with Crippen LogP contribution in [0.1, 0.15) is 10.6 Å². The molecule has 0 aliphatic rings. The van der Waals surface area contributed by atoms with Gasteiger partial charge >= 0.3 is 0 Å². The number of amides is 1. The van der Waals surface area contributed by atoms with E-state index in [1.807, 2.05) is 0 Å². The number of halogens is 2. The molecule has 4 nitrogen and oxygen atoms in total. The van der Waals surface area contributed by atoms with Crippen LogP contribution in [0.25, 0.3) is 0 Å². The van der Waals surface area contributed by atoms with Gasteiger partial charge in [0.25, 0.3) is 5.91 Å². The zero-order valence-electron chi connectivity index (χ0n) is 8.41. The second kappa shape index (κ2) is 4.58. The van der Waals surface area contributed by atoms with E-state index in [0.29, 0.717) is 4.67 Å². The lowest BCUT2D eigenvalue weighted by Gasteiger charge is -2.04. The van der Waals surface area contributed by atoms with E-state index in [0.717, 1.165) is 6.07 Å². The first kappa shape index (κ1) is 11.7. The first-order valence-electron chi connectivity index (χ1n) is 4.61. The van der Waals surface area contributed by atoms with E-state index >= 15 is 0 Å². The van der Waals surface area contributed by atoms with Crippen molar-refractivity contribution in [3.63, 3.8) is 0 Å². The van der Waals surface area contributed by atoms with Crippen LogP contribution in [-0.2, 0) is 0 Å². The summed E-state index contributed by atoms with van der Waals surface area (Å²) in [7, 11) is 0. The molecule has 0 aliphatic carbocycles. The monoisotopic (exact) mass is 299 g/mol. The quantitative estimate of drug-likeness (QED) is 0.838. The molecule has 0 spiro atoms. The molecule has 0 aliphatic heterocycles. The molecule has 2 N–H and O–H groups in total. The molecule has 1 aromatic heterocycles. The maximum Gasteiger partial charge on any atom is 0.291 e. The van der Waals surface area contributed by atoms with Crippen molar-refractivity contribution in [1.29, 1.82) is 0 Å². The number of rotatable bonds is 2. The fourth-order valence-corrected chi connectivity index (χ4v) is 1.53. The Bertz CT molecular complexity index is 568. The highest BCUT2D eigenvalue weighted by Crippen LogP contribution is 2.21. The van der Waals surface area contributed by atoms with Crippen LogP contribution in [0.15, 0.2) is 39.4 Å². The number of benzene rings is 1. The minimum Gasteiger partial charge on any atom is -0.508 e. The highest BCUT2D eigenvalue weighted by atomic mass is 79.9. The second-order valence-corrected chi connectivity index (χ2v) is 4.00. The topological polar surface area (TPSA) is 62.5 Å². The van der Waals surface area contributed by atoms with E-state index < -0.39 is 11.7 Å². The van der Waals surface area contributed by atoms with Gasteiger partial charge in [0.05, 0.1) is 5.69 Å². The van der Waals surface area contributed by atoms with Crippen LogP contribution in [0, 0.1) is 5.82 Å². The van der Waals surface area contributed by atoms with E-state index in [9.17, 15) is 9.18 Å². The van der Waals surface area contributed by atoms with E-state index in [-0.39, 0.29) is 17.2 Å². The van der Waals surface area contributed by atoms with Gasteiger partial charge < -0.3 is 14.8 Å². The molecule has 1 aromatic carbocycles. The van der Waals surface area contributed by atoms with Gasteiger partial charge in [-0.2, -0.15) is 0 Å². The molecule has 0 saturated heterocycles. The van der Waals surface area contributed by atoms with Gasteiger partial charge in [-0.15, -0.1) is 0 Å². The number of phenols is 1. The molecule has 6 heteroatoms. The Hall–Kier alpha value is -1.82. The van der Waals surface area contributed by atoms with Gasteiger partial charge in [-0.1, -0.05) is 0 Å². The highest BCUT2D eigenvalue weighted by molar-refractivity contribution is 9.10. The van der Waals surface area contributed by atoms with Crippen molar-refractivity contribution in [2.75, 3.05) is 5.32 Å². The lowest BCUT2D eigenvalue weighted by Crippen LogP contribution is -2.11. The molecular formula is C11H7BrFNO3. The number of carbonyl (C=O) groups is 1. The minimum atomic E-state index is -0.719. The third kappa shape index (κ3) is 2.65. The van der Waals surface area contributed by atoms with Crippen LogP contribution in [0.3, 0.4) is 0 Å². The Labute approximate surface area is 104 Å². The fraction of sp³-hybridized carbons (Fsp3) is 0. The van der Waals surface area contributed by atoms with Gasteiger partial charge in [0.15, 0.2) is 10.4 Å². The lowest BCUT2D eigenvalue weighted by atomic mass is 10.3. The van der Waals surface area contributed by atoms with Crippen LogP contribution >= 0.6 is 15.9 Å². The summed E-state index contributed by atoms with van der Waals surface area (Å²) < 4.78 is 18.7. The summed E-state index contributed by atoms with van der Waals surface area (Å²) in [6.45, 7) is 0. The van der Waals surface area contributed by atoms with Gasteiger partial charge in [-0.3, -0.25) is 4.79 Å². The number of aromatic hydroxyl groups is 1. The number of phenolic OH excluding ortho intramolecular Hbond substituents is 1. The average molecular weight is 300 g/mol. The second-order valence-electron chi connectivity index (χ2n) is 3.22. The molecular weight excluding hydrogens is 293 g/mol. The van der Waals surface area contributed by atoms with Gasteiger partial charge in [0.2, 0.25) is 0 Å². The number of carbonyl (C=O) groups excluding carboxylic acids is 1. The summed E-state index contributed by atoms with van der Waals surface area (Å²) in [6.07, 6.45) is 0. The Balaban J connectivity index is 2.18. The van der Waals surface area contributed by atoms with Crippen molar-refractivity contribution < 1.29 is 18.7 Å². The molecule has 88 valence electrons. The maximum absolute atomic E-state index is 13.3. The minimum absolute atomic E-state index is 0.0275. The number of anilines is 1. The van der Waals surface area contributed by atoms with Crippen LogP contribution < -0.4 is 5.32 Å². The molecule has 1 heterocycles. The summed E-state index contributed by atoms with van der Waals surface area (Å²) in [5, 5.41) is 11.3. The molecule has 0 bridgehead atoms. The first-order valence-corrected chi connectivity index (χ1v) is 5.41. The van der Waals surface area contributed by atoms with Gasteiger partial charge in [-0.05, 0) is 40.2 Å². The van der Waals surface area contributed by atoms with Gasteiger partial charge in [-0.25, -0.2) is 4.39 Å². The smallest absolute Gasteiger partial charge is 0.291 e. The summed E-state index contributed by atoms with van der Waals surface area (Å²) in [5.41, 5.74) is -0.0275. The van der Waals surface area contributed by atoms with Crippen LogP contribution in [0.4, 0.5) is 10.1 Å². The van der Waals surface area contributed by atoms with E-state index in [4.69, 9.17) is 9.52 Å². The largest absolute Gasteiger partial charge is 0.508 e. The standard InChI is InChI=1S/C11H7BrFNO3/c12-10-4-3-9(17-10)11(16)14-8-2-1-6(15)5-7(8)13/h1-5,15H,(H,14,16). The fourth-order valence-electron chi connectivity index (χ4n) is 1.23. The summed E-state index contributed by atoms with van der Waals surface area (Å²) in [6, 6.07) is 6.46. The van der Waals surface area contributed by atoms with Crippen LogP contribution in [0.5, 0.6) is 5.75 Å². The Morgan fingerprint density at radius 2 is 2.12 bits per heavy atom. The van der Waals surface area contributed by atoms with Crippen LogP contribution in [-0.4, -0.2) is 11.0 Å². The zero-order chi connectivity index (χ0) is 12.4. The molecule has 2 aromatic rings. The maximum atomic E-state index is 13.3. The van der Waals surface area contributed by atoms with Crippen LogP contribution in [0.2, 0.25) is 0 Å². The van der Waals surface area contributed by atoms with Crippen molar-refractivity contribution in [3.05, 3.63) is 46.6 Å². The number of furan rings is 1. The Morgan fingerprint density at radius 3 is 2.71 bits per heavy atom. The number of hydrogen-bond acceptors (Lipinski definition) is 3. The molecule has 0 unspecified atom stereocenters. The van der Waals surface area contributed by atoms with Gasteiger partial charge in [0.1, 0.15) is 11.6 Å². The van der Waals surface area contributed by atoms with Crippen molar-refractivity contribution >= 4 is 27.5 Å². The lowest BCUT2D eigenvalue weighted by molar-refractivity contribution is 0.0995. The zero-order valence-corrected chi connectivity index (χ0v) is 9.99. The van der Waals surface area contributed by atoms with Crippen molar-refractivity contribution in [2.24, 2.45) is 0 Å². The van der Waals surface area contributed by atoms with Crippen molar-refractivity contribution in [1.82, 2.24) is 0 Å². The van der Waals surface area contributed by atoms with E-state index in [1.165, 1.54) is 18.2 Å². The van der Waals surface area contributed by atoms with Gasteiger partial charge in [0, 0.05) is 6.07 Å². The normalized spacial score (nSPS) is 10.2. The number of nitrogens with one attached hydrogen (secondary N) is 1. The summed E-state index contributed by atoms with van der Waals surface area (Å²) >= 11 is 3.06. The molecule has 0 fully saturated rings. The summed E-state index contributed by atoms with van der Waals surface area (Å²) in [4.78, 5) is 11.6. The average Bonchev–Trinajstić information content (AvgIpc) is 2.69. The molecule has 0 saturated carbocycles. The molecule has 0 radical (unpaired) electrons. The Morgan fingerprint density at radius 1 is 1.35 bits per heavy atom. The summed E-state index contributed by atoms with van der Waals surface area (Å²) in [5.74, 6) is -1.44. The molecule has 0 atom stereocenters. The molecule has 1 amide bonds. The third-order valence-electron chi connectivity index (χ3n) is 2.00. The SMILES string of the molecule is O=C(Nc1ccc(O)cc1F)c1ccc(Br)o1. The number of hydrogen-bond donors (Lipinski definition) is 2. The third-order valence-corrected chi connectivity index (χ3v) is 2.42. The van der Waals surface area contributed by atoms with Crippen molar-refractivity contribution in [3.8, 4) is 5.75 Å². The first-order chi connectivity index (χ1) is 8.06. The Kier molecular flexibility index (Phi) is 3.14.